The molecule has 0 fully saturated rings. The van der Waals surface area contributed by atoms with Crippen LogP contribution in [0.15, 0.2) is 53.3 Å². The summed E-state index contributed by atoms with van der Waals surface area (Å²) in [5.74, 6) is -0.138. The predicted octanol–water partition coefficient (Wildman–Crippen LogP) is 3.46. The molecule has 110 valence electrons. The highest BCUT2D eigenvalue weighted by atomic mass is 16.1. The number of hydrogen-bond acceptors (Lipinski definition) is 2. The molecule has 2 aromatic carbocycles. The topological polar surface area (TPSA) is 62.0 Å². The van der Waals surface area contributed by atoms with Gasteiger partial charge in [0.25, 0.3) is 5.56 Å². The van der Waals surface area contributed by atoms with Gasteiger partial charge in [-0.25, -0.2) is 0 Å². The summed E-state index contributed by atoms with van der Waals surface area (Å²) in [7, 11) is 0. The van der Waals surface area contributed by atoms with Crippen molar-refractivity contribution in [1.82, 2.24) is 4.98 Å². The molecule has 3 rings (SSSR count). The van der Waals surface area contributed by atoms with Crippen LogP contribution in [0, 0.1) is 6.92 Å². The van der Waals surface area contributed by atoms with E-state index in [0.29, 0.717) is 11.3 Å². The van der Waals surface area contributed by atoms with Crippen LogP contribution in [0.5, 0.6) is 0 Å². The Bertz CT molecular complexity index is 926. The van der Waals surface area contributed by atoms with Crippen molar-refractivity contribution < 1.29 is 4.79 Å². The minimum absolute atomic E-state index is 0.129. The van der Waals surface area contributed by atoms with E-state index in [-0.39, 0.29) is 11.5 Å². The molecule has 2 N–H and O–H groups in total. The van der Waals surface area contributed by atoms with Gasteiger partial charge < -0.3 is 10.3 Å². The number of pyridine rings is 1. The molecule has 4 nitrogen and oxygen atoms in total. The molecule has 22 heavy (non-hydrogen) atoms. The van der Waals surface area contributed by atoms with E-state index in [1.807, 2.05) is 49.4 Å². The van der Waals surface area contributed by atoms with Crippen molar-refractivity contribution >= 4 is 22.5 Å². The highest BCUT2D eigenvalue weighted by molar-refractivity contribution is 5.91. The Labute approximate surface area is 127 Å². The SMILES string of the molecule is CC(=O)Nc1cccc(-c2c(C)c3ccccc3[nH]c2=O)c1. The van der Waals surface area contributed by atoms with E-state index in [1.165, 1.54) is 6.92 Å². The molecule has 0 saturated heterocycles. The molecule has 0 aliphatic carbocycles. The number of aromatic nitrogens is 1. The number of H-pyrrole nitrogens is 1. The van der Waals surface area contributed by atoms with E-state index in [9.17, 15) is 9.59 Å². The van der Waals surface area contributed by atoms with Crippen LogP contribution in [0.1, 0.15) is 12.5 Å². The lowest BCUT2D eigenvalue weighted by molar-refractivity contribution is -0.114. The van der Waals surface area contributed by atoms with Crippen LogP contribution < -0.4 is 10.9 Å². The van der Waals surface area contributed by atoms with Crippen molar-refractivity contribution in [3.63, 3.8) is 0 Å². The van der Waals surface area contributed by atoms with E-state index in [4.69, 9.17) is 0 Å². The maximum Gasteiger partial charge on any atom is 0.256 e. The first kappa shape index (κ1) is 14.1. The average molecular weight is 292 g/mol. The monoisotopic (exact) mass is 292 g/mol. The van der Waals surface area contributed by atoms with Gasteiger partial charge in [-0.15, -0.1) is 0 Å². The van der Waals surface area contributed by atoms with Gasteiger partial charge in [0, 0.05) is 23.5 Å². The molecule has 0 aliphatic heterocycles. The minimum atomic E-state index is -0.138. The molecule has 0 unspecified atom stereocenters. The molecule has 3 aromatic rings. The molecule has 0 bridgehead atoms. The number of hydrogen-bond donors (Lipinski definition) is 2. The van der Waals surface area contributed by atoms with Crippen LogP contribution in [0.4, 0.5) is 5.69 Å². The van der Waals surface area contributed by atoms with Gasteiger partial charge >= 0.3 is 0 Å². The fourth-order valence-electron chi connectivity index (χ4n) is 2.71. The Morgan fingerprint density at radius 1 is 1.09 bits per heavy atom. The molecule has 0 spiro atoms. The van der Waals surface area contributed by atoms with Gasteiger partial charge in [-0.1, -0.05) is 30.3 Å². The summed E-state index contributed by atoms with van der Waals surface area (Å²) in [5, 5.41) is 3.76. The standard InChI is InChI=1S/C18H16N2O2/c1-11-15-8-3-4-9-16(15)20-18(22)17(11)13-6-5-7-14(10-13)19-12(2)21/h3-10H,1-2H3,(H,19,21)(H,20,22). The Morgan fingerprint density at radius 3 is 2.64 bits per heavy atom. The van der Waals surface area contributed by atoms with Crippen LogP contribution in [0.2, 0.25) is 0 Å². The molecule has 0 atom stereocenters. The van der Waals surface area contributed by atoms with Crippen LogP contribution >= 0.6 is 0 Å². The zero-order valence-corrected chi connectivity index (χ0v) is 12.4. The predicted molar refractivity (Wildman–Crippen MR) is 89.0 cm³/mol. The lowest BCUT2D eigenvalue weighted by Gasteiger charge is -2.10. The van der Waals surface area contributed by atoms with E-state index < -0.39 is 0 Å². The second-order valence-corrected chi connectivity index (χ2v) is 5.26. The highest BCUT2D eigenvalue weighted by Gasteiger charge is 2.11. The number of para-hydroxylation sites is 1. The smallest absolute Gasteiger partial charge is 0.256 e. The maximum atomic E-state index is 12.4. The van der Waals surface area contributed by atoms with Crippen molar-refractivity contribution in [2.75, 3.05) is 5.32 Å². The van der Waals surface area contributed by atoms with E-state index in [0.717, 1.165) is 22.0 Å². The third-order valence-electron chi connectivity index (χ3n) is 3.65. The number of fused-ring (bicyclic) bond motifs is 1. The maximum absolute atomic E-state index is 12.4. The lowest BCUT2D eigenvalue weighted by Crippen LogP contribution is -2.12. The molecular formula is C18H16N2O2. The summed E-state index contributed by atoms with van der Waals surface area (Å²) < 4.78 is 0. The van der Waals surface area contributed by atoms with E-state index in [1.54, 1.807) is 6.07 Å². The van der Waals surface area contributed by atoms with Gasteiger partial charge in [0.05, 0.1) is 5.56 Å². The van der Waals surface area contributed by atoms with Gasteiger partial charge in [-0.3, -0.25) is 9.59 Å². The third kappa shape index (κ3) is 2.51. The van der Waals surface area contributed by atoms with Crippen LogP contribution in [-0.2, 0) is 4.79 Å². The van der Waals surface area contributed by atoms with Crippen molar-refractivity contribution in [1.29, 1.82) is 0 Å². The first-order valence-corrected chi connectivity index (χ1v) is 7.06. The Morgan fingerprint density at radius 2 is 1.86 bits per heavy atom. The molecule has 0 saturated carbocycles. The number of aromatic amines is 1. The first-order valence-electron chi connectivity index (χ1n) is 7.06. The molecule has 0 aliphatic rings. The number of benzene rings is 2. The normalized spacial score (nSPS) is 10.6. The van der Waals surface area contributed by atoms with Gasteiger partial charge in [0.2, 0.25) is 5.91 Å². The van der Waals surface area contributed by atoms with Gasteiger partial charge in [0.1, 0.15) is 0 Å². The zero-order chi connectivity index (χ0) is 15.7. The van der Waals surface area contributed by atoms with Gasteiger partial charge in [-0.2, -0.15) is 0 Å². The number of anilines is 1. The van der Waals surface area contributed by atoms with Crippen molar-refractivity contribution in [2.45, 2.75) is 13.8 Å². The van der Waals surface area contributed by atoms with Crippen molar-refractivity contribution in [3.8, 4) is 11.1 Å². The van der Waals surface area contributed by atoms with Gasteiger partial charge in [-0.05, 0) is 36.2 Å². The number of aryl methyl sites for hydroxylation is 1. The number of amides is 1. The van der Waals surface area contributed by atoms with Gasteiger partial charge in [0.15, 0.2) is 0 Å². The fourth-order valence-corrected chi connectivity index (χ4v) is 2.71. The molecule has 1 aromatic heterocycles. The number of carbonyl (C=O) groups excluding carboxylic acids is 1. The number of rotatable bonds is 2. The largest absolute Gasteiger partial charge is 0.326 e. The molecular weight excluding hydrogens is 276 g/mol. The Kier molecular flexibility index (Phi) is 3.51. The molecule has 4 heteroatoms. The third-order valence-corrected chi connectivity index (χ3v) is 3.65. The fraction of sp³-hybridized carbons (Fsp3) is 0.111. The number of nitrogens with one attached hydrogen (secondary N) is 2. The average Bonchev–Trinajstić information content (AvgIpc) is 2.47. The summed E-state index contributed by atoms with van der Waals surface area (Å²) in [6.45, 7) is 3.40. The van der Waals surface area contributed by atoms with Crippen LogP contribution in [0.3, 0.4) is 0 Å². The van der Waals surface area contributed by atoms with E-state index in [2.05, 4.69) is 10.3 Å². The quantitative estimate of drug-likeness (QED) is 0.759. The summed E-state index contributed by atoms with van der Waals surface area (Å²) in [5.41, 5.74) is 3.72. The Balaban J connectivity index is 2.22. The Hall–Kier alpha value is -2.88. The highest BCUT2D eigenvalue weighted by Crippen LogP contribution is 2.26. The lowest BCUT2D eigenvalue weighted by atomic mass is 9.98. The van der Waals surface area contributed by atoms with Crippen LogP contribution in [0.25, 0.3) is 22.0 Å². The molecule has 1 amide bonds. The minimum Gasteiger partial charge on any atom is -0.326 e. The van der Waals surface area contributed by atoms with Crippen molar-refractivity contribution in [2.24, 2.45) is 0 Å². The second kappa shape index (κ2) is 5.48. The van der Waals surface area contributed by atoms with E-state index >= 15 is 0 Å². The van der Waals surface area contributed by atoms with Crippen LogP contribution in [-0.4, -0.2) is 10.9 Å². The second-order valence-electron chi connectivity index (χ2n) is 5.26. The molecule has 0 radical (unpaired) electrons. The number of carbonyl (C=O) groups is 1. The summed E-state index contributed by atoms with van der Waals surface area (Å²) >= 11 is 0. The summed E-state index contributed by atoms with van der Waals surface area (Å²) in [6, 6.07) is 15.0. The molecule has 1 heterocycles. The summed E-state index contributed by atoms with van der Waals surface area (Å²) in [4.78, 5) is 26.6. The zero-order valence-electron chi connectivity index (χ0n) is 12.4. The summed E-state index contributed by atoms with van der Waals surface area (Å²) in [6.07, 6.45) is 0. The van der Waals surface area contributed by atoms with Crippen molar-refractivity contribution in [3.05, 3.63) is 64.4 Å². The first-order chi connectivity index (χ1) is 10.6.